The maximum absolute atomic E-state index is 13.3. The third-order valence-electron chi connectivity index (χ3n) is 1.78. The molecular weight excluding hydrogens is 201 g/mol. The Balaban J connectivity index is 2.59. The number of hydrogen-bond donors (Lipinski definition) is 1. The van der Waals surface area contributed by atoms with Gasteiger partial charge in [0.2, 0.25) is 0 Å². The molecular formula is C10H14FNOS. The van der Waals surface area contributed by atoms with Crippen LogP contribution in [0.3, 0.4) is 0 Å². The molecule has 78 valence electrons. The largest absolute Gasteiger partial charge is 0.384 e. The zero-order chi connectivity index (χ0) is 10.4. The van der Waals surface area contributed by atoms with Crippen LogP contribution < -0.4 is 5.73 Å². The van der Waals surface area contributed by atoms with Crippen molar-refractivity contribution in [3.63, 3.8) is 0 Å². The number of halogens is 1. The monoisotopic (exact) mass is 215 g/mol. The van der Waals surface area contributed by atoms with E-state index in [-0.39, 0.29) is 5.82 Å². The van der Waals surface area contributed by atoms with E-state index >= 15 is 0 Å². The molecule has 0 atom stereocenters. The highest BCUT2D eigenvalue weighted by Crippen LogP contribution is 2.22. The molecule has 1 aromatic rings. The van der Waals surface area contributed by atoms with E-state index in [0.717, 1.165) is 11.3 Å². The Hall–Kier alpha value is -0.580. The zero-order valence-electron chi connectivity index (χ0n) is 8.13. The molecule has 0 unspecified atom stereocenters. The molecule has 0 aliphatic rings. The van der Waals surface area contributed by atoms with Crippen molar-refractivity contribution in [2.75, 3.05) is 19.5 Å². The number of ether oxygens (including phenoxy) is 1. The van der Waals surface area contributed by atoms with Gasteiger partial charge in [-0.1, -0.05) is 6.07 Å². The Morgan fingerprint density at radius 2 is 2.29 bits per heavy atom. The van der Waals surface area contributed by atoms with Crippen LogP contribution in [-0.4, -0.2) is 19.5 Å². The second-order valence-corrected chi connectivity index (χ2v) is 3.95. The molecule has 0 aliphatic carbocycles. The lowest BCUT2D eigenvalue weighted by Gasteiger charge is -2.04. The van der Waals surface area contributed by atoms with Crippen LogP contribution in [0.2, 0.25) is 0 Å². The molecule has 2 nitrogen and oxygen atoms in total. The van der Waals surface area contributed by atoms with Gasteiger partial charge in [0.25, 0.3) is 0 Å². The van der Waals surface area contributed by atoms with Crippen molar-refractivity contribution >= 4 is 11.8 Å². The summed E-state index contributed by atoms with van der Waals surface area (Å²) in [4.78, 5) is 0.652. The fraction of sp³-hybridized carbons (Fsp3) is 0.400. The summed E-state index contributed by atoms with van der Waals surface area (Å²) in [5.41, 5.74) is 6.22. The Labute approximate surface area is 87.6 Å². The molecule has 1 rings (SSSR count). The number of benzene rings is 1. The summed E-state index contributed by atoms with van der Waals surface area (Å²) in [5, 5.41) is 0. The van der Waals surface area contributed by atoms with Crippen molar-refractivity contribution in [2.24, 2.45) is 5.73 Å². The Kier molecular flexibility index (Phi) is 4.93. The molecule has 0 fully saturated rings. The van der Waals surface area contributed by atoms with Crippen LogP contribution in [0, 0.1) is 5.82 Å². The summed E-state index contributed by atoms with van der Waals surface area (Å²) in [7, 11) is 1.63. The molecule has 4 heteroatoms. The van der Waals surface area contributed by atoms with Gasteiger partial charge in [0.15, 0.2) is 0 Å². The van der Waals surface area contributed by atoms with Crippen LogP contribution in [-0.2, 0) is 11.3 Å². The van der Waals surface area contributed by atoms with Crippen molar-refractivity contribution < 1.29 is 9.13 Å². The molecule has 0 heterocycles. The second-order valence-electron chi connectivity index (χ2n) is 2.81. The van der Waals surface area contributed by atoms with Gasteiger partial charge >= 0.3 is 0 Å². The van der Waals surface area contributed by atoms with E-state index in [1.54, 1.807) is 13.2 Å². The van der Waals surface area contributed by atoms with E-state index in [9.17, 15) is 4.39 Å². The Morgan fingerprint density at radius 1 is 1.50 bits per heavy atom. The summed E-state index contributed by atoms with van der Waals surface area (Å²) >= 11 is 1.45. The predicted octanol–water partition coefficient (Wildman–Crippen LogP) is 2.02. The zero-order valence-corrected chi connectivity index (χ0v) is 8.94. The first-order chi connectivity index (χ1) is 6.77. The van der Waals surface area contributed by atoms with Gasteiger partial charge in [0.05, 0.1) is 6.61 Å². The molecule has 0 spiro atoms. The van der Waals surface area contributed by atoms with E-state index in [1.807, 2.05) is 6.07 Å². The predicted molar refractivity (Wildman–Crippen MR) is 56.9 cm³/mol. The smallest absolute Gasteiger partial charge is 0.137 e. The van der Waals surface area contributed by atoms with E-state index in [2.05, 4.69) is 0 Å². The molecule has 0 amide bonds. The Morgan fingerprint density at radius 3 is 2.86 bits per heavy atom. The van der Waals surface area contributed by atoms with Crippen LogP contribution in [0.25, 0.3) is 0 Å². The van der Waals surface area contributed by atoms with E-state index < -0.39 is 0 Å². The minimum atomic E-state index is -0.200. The normalized spacial score (nSPS) is 10.5. The van der Waals surface area contributed by atoms with Gasteiger partial charge in [-0.15, -0.1) is 11.8 Å². The quantitative estimate of drug-likeness (QED) is 0.603. The number of hydrogen-bond acceptors (Lipinski definition) is 3. The molecule has 1 aromatic carbocycles. The summed E-state index contributed by atoms with van der Waals surface area (Å²) in [6, 6.07) is 5.09. The molecule has 0 radical (unpaired) electrons. The van der Waals surface area contributed by atoms with Crippen LogP contribution >= 0.6 is 11.8 Å². The molecule has 0 saturated carbocycles. The van der Waals surface area contributed by atoms with Crippen LogP contribution in [0.4, 0.5) is 4.39 Å². The highest BCUT2D eigenvalue weighted by Gasteiger charge is 2.02. The number of nitrogens with two attached hydrogens (primary N) is 1. The van der Waals surface area contributed by atoms with E-state index in [4.69, 9.17) is 10.5 Å². The van der Waals surface area contributed by atoms with Gasteiger partial charge in [0.1, 0.15) is 5.82 Å². The summed E-state index contributed by atoms with van der Waals surface area (Å²) in [6.07, 6.45) is 0. The maximum atomic E-state index is 13.3. The SMILES string of the molecule is COCCSc1ccc(CN)cc1F. The number of thioether (sulfide) groups is 1. The lowest BCUT2D eigenvalue weighted by Crippen LogP contribution is -1.98. The molecule has 0 aliphatic heterocycles. The lowest BCUT2D eigenvalue weighted by molar-refractivity contribution is 0.218. The first-order valence-corrected chi connectivity index (χ1v) is 5.36. The average molecular weight is 215 g/mol. The van der Waals surface area contributed by atoms with Crippen LogP contribution in [0.1, 0.15) is 5.56 Å². The highest BCUT2D eigenvalue weighted by molar-refractivity contribution is 7.99. The van der Waals surface area contributed by atoms with Gasteiger partial charge < -0.3 is 10.5 Å². The fourth-order valence-electron chi connectivity index (χ4n) is 1.02. The number of rotatable bonds is 5. The standard InChI is InChI=1S/C10H14FNOS/c1-13-4-5-14-10-3-2-8(7-12)6-9(10)11/h2-3,6H,4-5,7,12H2,1H3. The summed E-state index contributed by atoms with van der Waals surface area (Å²) in [6.45, 7) is 1.00. The third-order valence-corrected chi connectivity index (χ3v) is 2.79. The van der Waals surface area contributed by atoms with Crippen molar-refractivity contribution in [3.05, 3.63) is 29.6 Å². The molecule has 0 saturated heterocycles. The van der Waals surface area contributed by atoms with Gasteiger partial charge in [0, 0.05) is 24.3 Å². The van der Waals surface area contributed by atoms with Crippen molar-refractivity contribution in [3.8, 4) is 0 Å². The van der Waals surface area contributed by atoms with Gasteiger partial charge in [-0.3, -0.25) is 0 Å². The summed E-state index contributed by atoms with van der Waals surface area (Å²) < 4.78 is 18.2. The van der Waals surface area contributed by atoms with E-state index in [1.165, 1.54) is 17.8 Å². The van der Waals surface area contributed by atoms with Crippen LogP contribution in [0.5, 0.6) is 0 Å². The molecule has 2 N–H and O–H groups in total. The fourth-order valence-corrected chi connectivity index (χ4v) is 1.85. The number of methoxy groups -OCH3 is 1. The first kappa shape index (κ1) is 11.5. The van der Waals surface area contributed by atoms with E-state index in [0.29, 0.717) is 18.0 Å². The molecule has 14 heavy (non-hydrogen) atoms. The minimum absolute atomic E-state index is 0.200. The molecule has 0 aromatic heterocycles. The van der Waals surface area contributed by atoms with Crippen molar-refractivity contribution in [1.82, 2.24) is 0 Å². The van der Waals surface area contributed by atoms with Gasteiger partial charge in [-0.2, -0.15) is 0 Å². The topological polar surface area (TPSA) is 35.2 Å². The lowest BCUT2D eigenvalue weighted by atomic mass is 10.2. The molecule has 0 bridgehead atoms. The first-order valence-electron chi connectivity index (χ1n) is 4.38. The third kappa shape index (κ3) is 3.29. The minimum Gasteiger partial charge on any atom is -0.384 e. The highest BCUT2D eigenvalue weighted by atomic mass is 32.2. The Bertz CT molecular complexity index is 293. The average Bonchev–Trinajstić information content (AvgIpc) is 2.20. The van der Waals surface area contributed by atoms with Gasteiger partial charge in [-0.05, 0) is 17.7 Å². The van der Waals surface area contributed by atoms with Crippen LogP contribution in [0.15, 0.2) is 23.1 Å². The van der Waals surface area contributed by atoms with Gasteiger partial charge in [-0.25, -0.2) is 4.39 Å². The second kappa shape index (κ2) is 6.01. The van der Waals surface area contributed by atoms with Crippen molar-refractivity contribution in [1.29, 1.82) is 0 Å². The van der Waals surface area contributed by atoms with Crippen molar-refractivity contribution in [2.45, 2.75) is 11.4 Å². The summed E-state index contributed by atoms with van der Waals surface area (Å²) in [5.74, 6) is 0.559. The maximum Gasteiger partial charge on any atom is 0.137 e.